The zero-order valence-electron chi connectivity index (χ0n) is 9.41. The van der Waals surface area contributed by atoms with Crippen molar-refractivity contribution in [2.24, 2.45) is 16.5 Å². The second-order valence-corrected chi connectivity index (χ2v) is 3.11. The van der Waals surface area contributed by atoms with Gasteiger partial charge in [-0.25, -0.2) is 4.79 Å². The Morgan fingerprint density at radius 3 is 2.67 bits per heavy atom. The molecule has 2 amide bonds. The third-order valence-electron chi connectivity index (χ3n) is 1.87. The summed E-state index contributed by atoms with van der Waals surface area (Å²) in [4.78, 5) is 24.5. The molecule has 0 aliphatic heterocycles. The third kappa shape index (κ3) is 3.33. The van der Waals surface area contributed by atoms with Gasteiger partial charge in [-0.05, 0) is 6.07 Å². The number of urea groups is 1. The maximum atomic E-state index is 11.3. The van der Waals surface area contributed by atoms with Crippen LogP contribution in [-0.4, -0.2) is 24.0 Å². The summed E-state index contributed by atoms with van der Waals surface area (Å²) in [6.45, 7) is 0. The van der Waals surface area contributed by atoms with Gasteiger partial charge in [0.25, 0.3) is 5.69 Å². The summed E-state index contributed by atoms with van der Waals surface area (Å²) in [5.41, 5.74) is 9.95. The van der Waals surface area contributed by atoms with Gasteiger partial charge in [0, 0.05) is 12.1 Å². The number of guanidine groups is 1. The van der Waals surface area contributed by atoms with Gasteiger partial charge in [-0.15, -0.1) is 0 Å². The molecule has 5 N–H and O–H groups in total. The molecule has 9 heteroatoms. The number of methoxy groups -OCH3 is 1. The number of rotatable bonds is 3. The first-order valence-electron chi connectivity index (χ1n) is 4.67. The number of hydrogen-bond acceptors (Lipinski definition) is 4. The third-order valence-corrected chi connectivity index (χ3v) is 1.87. The van der Waals surface area contributed by atoms with Crippen LogP contribution in [0.1, 0.15) is 0 Å². The Bertz CT molecular complexity index is 510. The maximum absolute atomic E-state index is 11.3. The van der Waals surface area contributed by atoms with Gasteiger partial charge in [0.1, 0.15) is 5.75 Å². The number of nitrogens with zero attached hydrogens (tertiary/aromatic N) is 2. The number of nitro benzene ring substituents is 1. The van der Waals surface area contributed by atoms with Crippen LogP contribution in [0.2, 0.25) is 0 Å². The standard InChI is InChI=1S/C9H11N5O4/c1-18-7-3-2-5(14(16)17)4-6(7)12-9(15)13-8(10)11/h2-4H,1H3,(H5,10,11,12,13,15). The van der Waals surface area contributed by atoms with Crippen LogP contribution in [0.25, 0.3) is 0 Å². The van der Waals surface area contributed by atoms with E-state index < -0.39 is 16.9 Å². The van der Waals surface area contributed by atoms with Gasteiger partial charge < -0.3 is 21.5 Å². The lowest BCUT2D eigenvalue weighted by atomic mass is 10.2. The highest BCUT2D eigenvalue weighted by Gasteiger charge is 2.13. The Hall–Kier alpha value is -2.84. The maximum Gasteiger partial charge on any atom is 0.348 e. The van der Waals surface area contributed by atoms with E-state index in [1.54, 1.807) is 0 Å². The van der Waals surface area contributed by atoms with Gasteiger partial charge in [0.2, 0.25) is 0 Å². The van der Waals surface area contributed by atoms with Crippen molar-refractivity contribution < 1.29 is 14.5 Å². The van der Waals surface area contributed by atoms with Gasteiger partial charge in [-0.2, -0.15) is 4.99 Å². The second-order valence-electron chi connectivity index (χ2n) is 3.11. The molecule has 1 aromatic rings. The number of benzene rings is 1. The Morgan fingerprint density at radius 1 is 1.50 bits per heavy atom. The molecule has 0 aliphatic carbocycles. The van der Waals surface area contributed by atoms with E-state index >= 15 is 0 Å². The summed E-state index contributed by atoms with van der Waals surface area (Å²) in [5, 5.41) is 12.9. The minimum atomic E-state index is -0.853. The number of nitrogens with one attached hydrogen (secondary N) is 1. The van der Waals surface area contributed by atoms with Crippen LogP contribution >= 0.6 is 0 Å². The fourth-order valence-electron chi connectivity index (χ4n) is 1.17. The number of aliphatic imine (C=N–C) groups is 1. The molecule has 1 aromatic carbocycles. The van der Waals surface area contributed by atoms with E-state index in [9.17, 15) is 14.9 Å². The molecule has 0 heterocycles. The highest BCUT2D eigenvalue weighted by atomic mass is 16.6. The Labute approximate surface area is 102 Å². The lowest BCUT2D eigenvalue weighted by Gasteiger charge is -2.07. The molecule has 0 aromatic heterocycles. The summed E-state index contributed by atoms with van der Waals surface area (Å²) < 4.78 is 4.94. The topological polar surface area (TPSA) is 146 Å². The van der Waals surface area contributed by atoms with Crippen molar-refractivity contribution in [2.45, 2.75) is 0 Å². The molecule has 0 atom stereocenters. The van der Waals surface area contributed by atoms with Crippen molar-refractivity contribution in [3.63, 3.8) is 0 Å². The van der Waals surface area contributed by atoms with E-state index in [4.69, 9.17) is 16.2 Å². The summed E-state index contributed by atoms with van der Waals surface area (Å²) in [5.74, 6) is -0.170. The number of nitrogens with two attached hydrogens (primary N) is 2. The molecule has 18 heavy (non-hydrogen) atoms. The molecule has 0 fully saturated rings. The first kappa shape index (κ1) is 13.2. The first-order chi connectivity index (χ1) is 8.43. The molecule has 9 nitrogen and oxygen atoms in total. The van der Waals surface area contributed by atoms with E-state index in [0.29, 0.717) is 0 Å². The summed E-state index contributed by atoms with van der Waals surface area (Å²) in [7, 11) is 1.36. The lowest BCUT2D eigenvalue weighted by Crippen LogP contribution is -2.25. The number of ether oxygens (including phenoxy) is 1. The summed E-state index contributed by atoms with van der Waals surface area (Å²) in [6, 6.07) is 2.88. The van der Waals surface area contributed by atoms with E-state index in [2.05, 4.69) is 10.3 Å². The monoisotopic (exact) mass is 253 g/mol. The number of carbonyl (C=O) groups is 1. The minimum absolute atomic E-state index is 0.0988. The Balaban J connectivity index is 3.05. The van der Waals surface area contributed by atoms with Crippen molar-refractivity contribution >= 4 is 23.4 Å². The van der Waals surface area contributed by atoms with Gasteiger partial charge in [0.05, 0.1) is 17.7 Å². The molecule has 0 bridgehead atoms. The van der Waals surface area contributed by atoms with Crippen molar-refractivity contribution in [3.8, 4) is 5.75 Å². The predicted octanol–water partition coefficient (Wildman–Crippen LogP) is 0.409. The van der Waals surface area contributed by atoms with Gasteiger partial charge >= 0.3 is 6.03 Å². The Kier molecular flexibility index (Phi) is 4.02. The number of nitro groups is 1. The average Bonchev–Trinajstić information content (AvgIpc) is 2.27. The molecule has 1 rings (SSSR count). The SMILES string of the molecule is COc1ccc([N+](=O)[O-])cc1NC(=O)N=C(N)N. The molecule has 96 valence electrons. The van der Waals surface area contributed by atoms with Crippen molar-refractivity contribution in [1.29, 1.82) is 0 Å². The number of non-ortho nitro benzene ring substituents is 1. The molecule has 0 unspecified atom stereocenters. The number of anilines is 1. The molecule has 0 radical (unpaired) electrons. The van der Waals surface area contributed by atoms with Crippen molar-refractivity contribution in [1.82, 2.24) is 0 Å². The zero-order valence-corrected chi connectivity index (χ0v) is 9.41. The highest BCUT2D eigenvalue weighted by molar-refractivity contribution is 5.99. The van der Waals surface area contributed by atoms with E-state index in [-0.39, 0.29) is 17.1 Å². The van der Waals surface area contributed by atoms with E-state index in [1.165, 1.54) is 19.2 Å². The van der Waals surface area contributed by atoms with Crippen LogP contribution < -0.4 is 21.5 Å². The molecule has 0 saturated heterocycles. The number of hydrogen-bond donors (Lipinski definition) is 3. The number of carbonyl (C=O) groups excluding carboxylic acids is 1. The van der Waals surface area contributed by atoms with Crippen LogP contribution in [0, 0.1) is 10.1 Å². The summed E-state index contributed by atoms with van der Waals surface area (Å²) in [6.07, 6.45) is 0. The number of amides is 2. The van der Waals surface area contributed by atoms with Gasteiger partial charge in [-0.3, -0.25) is 10.1 Å². The fourth-order valence-corrected chi connectivity index (χ4v) is 1.17. The van der Waals surface area contributed by atoms with Crippen molar-refractivity contribution in [2.75, 3.05) is 12.4 Å². The smallest absolute Gasteiger partial charge is 0.348 e. The van der Waals surface area contributed by atoms with E-state index in [0.717, 1.165) is 6.07 Å². The van der Waals surface area contributed by atoms with Gasteiger partial charge in [0.15, 0.2) is 5.96 Å². The second kappa shape index (κ2) is 5.48. The molecular formula is C9H11N5O4. The summed E-state index contributed by atoms with van der Waals surface area (Å²) >= 11 is 0. The van der Waals surface area contributed by atoms with E-state index in [1.807, 2.05) is 0 Å². The predicted molar refractivity (Wildman–Crippen MR) is 64.5 cm³/mol. The fraction of sp³-hybridized carbons (Fsp3) is 0.111. The van der Waals surface area contributed by atoms with Crippen LogP contribution in [0.4, 0.5) is 16.2 Å². The van der Waals surface area contributed by atoms with Gasteiger partial charge in [-0.1, -0.05) is 0 Å². The molecule has 0 saturated carbocycles. The Morgan fingerprint density at radius 2 is 2.17 bits per heavy atom. The lowest BCUT2D eigenvalue weighted by molar-refractivity contribution is -0.384. The van der Waals surface area contributed by atoms with Crippen LogP contribution in [0.5, 0.6) is 5.75 Å². The van der Waals surface area contributed by atoms with Crippen LogP contribution in [-0.2, 0) is 0 Å². The van der Waals surface area contributed by atoms with Crippen LogP contribution in [0.15, 0.2) is 23.2 Å². The average molecular weight is 253 g/mol. The molecule has 0 aliphatic rings. The zero-order chi connectivity index (χ0) is 13.7. The quantitative estimate of drug-likeness (QED) is 0.307. The van der Waals surface area contributed by atoms with Crippen LogP contribution in [0.3, 0.4) is 0 Å². The minimum Gasteiger partial charge on any atom is -0.495 e. The molecule has 0 spiro atoms. The van der Waals surface area contributed by atoms with Crippen molar-refractivity contribution in [3.05, 3.63) is 28.3 Å². The first-order valence-corrected chi connectivity index (χ1v) is 4.67. The molecular weight excluding hydrogens is 242 g/mol. The normalized spacial score (nSPS) is 9.39. The largest absolute Gasteiger partial charge is 0.495 e. The highest BCUT2D eigenvalue weighted by Crippen LogP contribution is 2.28.